The first-order valence-corrected chi connectivity index (χ1v) is 7.71. The van der Waals surface area contributed by atoms with Crippen LogP contribution in [0.15, 0.2) is 54.7 Å². The molecule has 2 rings (SSSR count). The Morgan fingerprint density at radius 3 is 2.48 bits per heavy atom. The van der Waals surface area contributed by atoms with E-state index >= 15 is 0 Å². The fourth-order valence-electron chi connectivity index (χ4n) is 2.63. The molecular weight excluding hydrogens is 258 g/mol. The fourth-order valence-corrected chi connectivity index (χ4v) is 2.63. The molecule has 3 nitrogen and oxygen atoms in total. The van der Waals surface area contributed by atoms with Gasteiger partial charge in [-0.25, -0.2) is 0 Å². The highest BCUT2D eigenvalue weighted by molar-refractivity contribution is 5.15. The molecular formula is C18H25N3. The van der Waals surface area contributed by atoms with Crippen molar-refractivity contribution in [3.8, 4) is 0 Å². The lowest BCUT2D eigenvalue weighted by Gasteiger charge is -2.29. The molecule has 0 aliphatic carbocycles. The number of pyridine rings is 1. The summed E-state index contributed by atoms with van der Waals surface area (Å²) in [5, 5.41) is 0. The molecule has 1 aromatic heterocycles. The summed E-state index contributed by atoms with van der Waals surface area (Å²) >= 11 is 0. The lowest BCUT2D eigenvalue weighted by Crippen LogP contribution is -2.40. The molecule has 1 unspecified atom stereocenters. The second-order valence-electron chi connectivity index (χ2n) is 5.30. The molecule has 0 saturated carbocycles. The van der Waals surface area contributed by atoms with Crippen LogP contribution in [0.1, 0.15) is 24.6 Å². The van der Waals surface area contributed by atoms with Gasteiger partial charge in [-0.1, -0.05) is 43.3 Å². The minimum Gasteiger partial charge on any atom is -0.329 e. The number of hydrogen-bond acceptors (Lipinski definition) is 3. The standard InChI is InChI=1S/C18H25N3/c1-2-21(15-17-10-6-7-13-20-17)18(14-19)12-11-16-8-4-3-5-9-16/h3-10,13,18H,2,11-12,14-15,19H2,1H3. The van der Waals surface area contributed by atoms with Crippen LogP contribution in [0.2, 0.25) is 0 Å². The number of nitrogens with two attached hydrogens (primary N) is 1. The molecule has 0 spiro atoms. The van der Waals surface area contributed by atoms with Gasteiger partial charge in [0.25, 0.3) is 0 Å². The summed E-state index contributed by atoms with van der Waals surface area (Å²) in [7, 11) is 0. The molecule has 0 aliphatic heterocycles. The molecule has 2 aromatic rings. The maximum absolute atomic E-state index is 6.00. The smallest absolute Gasteiger partial charge is 0.0544 e. The summed E-state index contributed by atoms with van der Waals surface area (Å²) < 4.78 is 0. The largest absolute Gasteiger partial charge is 0.329 e. The van der Waals surface area contributed by atoms with Crippen LogP contribution < -0.4 is 5.73 Å². The lowest BCUT2D eigenvalue weighted by atomic mass is 10.0. The van der Waals surface area contributed by atoms with Crippen LogP contribution in [-0.2, 0) is 13.0 Å². The number of aromatic nitrogens is 1. The fraction of sp³-hybridized carbons (Fsp3) is 0.389. The zero-order chi connectivity index (χ0) is 14.9. The molecule has 0 aliphatic rings. The SMILES string of the molecule is CCN(Cc1ccccn1)C(CN)CCc1ccccc1. The van der Waals surface area contributed by atoms with Crippen LogP contribution in [0.25, 0.3) is 0 Å². The molecule has 112 valence electrons. The average molecular weight is 283 g/mol. The van der Waals surface area contributed by atoms with Gasteiger partial charge in [0.05, 0.1) is 5.69 Å². The molecule has 21 heavy (non-hydrogen) atoms. The van der Waals surface area contributed by atoms with E-state index in [-0.39, 0.29) is 0 Å². The third-order valence-electron chi connectivity index (χ3n) is 3.89. The van der Waals surface area contributed by atoms with Crippen molar-refractivity contribution in [1.29, 1.82) is 0 Å². The van der Waals surface area contributed by atoms with Crippen molar-refractivity contribution in [1.82, 2.24) is 9.88 Å². The van der Waals surface area contributed by atoms with Gasteiger partial charge in [-0.05, 0) is 37.1 Å². The Labute approximate surface area is 127 Å². The summed E-state index contributed by atoms with van der Waals surface area (Å²) in [6.07, 6.45) is 4.01. The minimum absolute atomic E-state index is 0.400. The monoisotopic (exact) mass is 283 g/mol. The van der Waals surface area contributed by atoms with E-state index in [1.807, 2.05) is 18.3 Å². The minimum atomic E-state index is 0.400. The molecule has 0 radical (unpaired) electrons. The van der Waals surface area contributed by atoms with Crippen LogP contribution in [-0.4, -0.2) is 29.0 Å². The van der Waals surface area contributed by atoms with E-state index in [4.69, 9.17) is 5.73 Å². The first kappa shape index (κ1) is 15.7. The maximum atomic E-state index is 6.00. The van der Waals surface area contributed by atoms with Crippen molar-refractivity contribution in [2.45, 2.75) is 32.4 Å². The Morgan fingerprint density at radius 2 is 1.86 bits per heavy atom. The second kappa shape index (κ2) is 8.55. The van der Waals surface area contributed by atoms with Crippen molar-refractivity contribution in [3.63, 3.8) is 0 Å². The highest BCUT2D eigenvalue weighted by Gasteiger charge is 2.16. The highest BCUT2D eigenvalue weighted by Crippen LogP contribution is 2.12. The molecule has 1 heterocycles. The Bertz CT molecular complexity index is 498. The van der Waals surface area contributed by atoms with E-state index in [1.165, 1.54) is 5.56 Å². The molecule has 2 N–H and O–H groups in total. The number of aryl methyl sites for hydroxylation is 1. The van der Waals surface area contributed by atoms with Gasteiger partial charge in [0.15, 0.2) is 0 Å². The predicted molar refractivity (Wildman–Crippen MR) is 87.9 cm³/mol. The number of hydrogen-bond donors (Lipinski definition) is 1. The van der Waals surface area contributed by atoms with E-state index in [1.54, 1.807) is 0 Å². The normalized spacial score (nSPS) is 12.5. The number of nitrogens with zero attached hydrogens (tertiary/aromatic N) is 2. The van der Waals surface area contributed by atoms with Gasteiger partial charge in [-0.15, -0.1) is 0 Å². The van der Waals surface area contributed by atoms with Gasteiger partial charge in [0.2, 0.25) is 0 Å². The van der Waals surface area contributed by atoms with Crippen LogP contribution in [0.5, 0.6) is 0 Å². The van der Waals surface area contributed by atoms with Crippen molar-refractivity contribution < 1.29 is 0 Å². The summed E-state index contributed by atoms with van der Waals surface area (Å²) in [4.78, 5) is 6.84. The van der Waals surface area contributed by atoms with Gasteiger partial charge in [-0.3, -0.25) is 9.88 Å². The van der Waals surface area contributed by atoms with Crippen molar-refractivity contribution in [2.75, 3.05) is 13.1 Å². The highest BCUT2D eigenvalue weighted by atomic mass is 15.2. The molecule has 3 heteroatoms. The Balaban J connectivity index is 1.94. The predicted octanol–water partition coefficient (Wildman–Crippen LogP) is 2.86. The van der Waals surface area contributed by atoms with Crippen molar-refractivity contribution in [3.05, 3.63) is 66.0 Å². The first-order chi connectivity index (χ1) is 10.3. The topological polar surface area (TPSA) is 42.2 Å². The molecule has 0 saturated heterocycles. The Kier molecular flexibility index (Phi) is 6.38. The van der Waals surface area contributed by atoms with Crippen LogP contribution >= 0.6 is 0 Å². The molecule has 1 atom stereocenters. The van der Waals surface area contributed by atoms with E-state index in [9.17, 15) is 0 Å². The van der Waals surface area contributed by atoms with Crippen molar-refractivity contribution >= 4 is 0 Å². The van der Waals surface area contributed by atoms with Crippen LogP contribution in [0, 0.1) is 0 Å². The van der Waals surface area contributed by atoms with E-state index < -0.39 is 0 Å². The number of benzene rings is 1. The second-order valence-corrected chi connectivity index (χ2v) is 5.30. The van der Waals surface area contributed by atoms with Crippen LogP contribution in [0.3, 0.4) is 0 Å². The average Bonchev–Trinajstić information content (AvgIpc) is 2.56. The third kappa shape index (κ3) is 4.96. The Hall–Kier alpha value is -1.71. The first-order valence-electron chi connectivity index (χ1n) is 7.71. The van der Waals surface area contributed by atoms with Gasteiger partial charge >= 0.3 is 0 Å². The summed E-state index contributed by atoms with van der Waals surface area (Å²) in [5.41, 5.74) is 8.49. The molecule has 0 amide bonds. The maximum Gasteiger partial charge on any atom is 0.0544 e. The Morgan fingerprint density at radius 1 is 1.10 bits per heavy atom. The summed E-state index contributed by atoms with van der Waals surface area (Å²) in [6.45, 7) is 4.74. The number of rotatable bonds is 8. The summed E-state index contributed by atoms with van der Waals surface area (Å²) in [6, 6.07) is 17.1. The molecule has 0 fully saturated rings. The van der Waals surface area contributed by atoms with Gasteiger partial charge < -0.3 is 5.73 Å². The third-order valence-corrected chi connectivity index (χ3v) is 3.89. The molecule has 0 bridgehead atoms. The van der Waals surface area contributed by atoms with Gasteiger partial charge in [0, 0.05) is 25.3 Å². The zero-order valence-electron chi connectivity index (χ0n) is 12.8. The number of likely N-dealkylation sites (N-methyl/N-ethyl adjacent to an activating group) is 1. The van der Waals surface area contributed by atoms with Gasteiger partial charge in [-0.2, -0.15) is 0 Å². The zero-order valence-corrected chi connectivity index (χ0v) is 12.8. The van der Waals surface area contributed by atoms with E-state index in [0.29, 0.717) is 12.6 Å². The molecule has 1 aromatic carbocycles. The lowest BCUT2D eigenvalue weighted by molar-refractivity contribution is 0.190. The van der Waals surface area contributed by atoms with E-state index in [0.717, 1.165) is 31.6 Å². The summed E-state index contributed by atoms with van der Waals surface area (Å²) in [5.74, 6) is 0. The van der Waals surface area contributed by atoms with E-state index in [2.05, 4.69) is 53.2 Å². The van der Waals surface area contributed by atoms with Crippen LogP contribution in [0.4, 0.5) is 0 Å². The quantitative estimate of drug-likeness (QED) is 0.810. The van der Waals surface area contributed by atoms with Crippen molar-refractivity contribution in [2.24, 2.45) is 5.73 Å². The van der Waals surface area contributed by atoms with Gasteiger partial charge in [0.1, 0.15) is 0 Å².